The number of amides is 1. The first-order valence-electron chi connectivity index (χ1n) is 13.3. The van der Waals surface area contributed by atoms with E-state index in [1.165, 1.54) is 11.1 Å². The van der Waals surface area contributed by atoms with Crippen molar-refractivity contribution < 1.29 is 24.5 Å². The van der Waals surface area contributed by atoms with Gasteiger partial charge in [0, 0.05) is 25.0 Å². The zero-order chi connectivity index (χ0) is 26.7. The van der Waals surface area contributed by atoms with Crippen molar-refractivity contribution in [1.82, 2.24) is 5.32 Å². The number of aliphatic hydroxyl groups excluding tert-OH is 1. The predicted octanol–water partition coefficient (Wildman–Crippen LogP) is 5.14. The Balaban J connectivity index is 2.20. The average Bonchev–Trinajstić information content (AvgIpc) is 2.80. The Morgan fingerprint density at radius 1 is 1.14 bits per heavy atom. The van der Waals surface area contributed by atoms with Crippen molar-refractivity contribution in [3.63, 3.8) is 0 Å². The van der Waals surface area contributed by atoms with Crippen LogP contribution in [0.4, 0.5) is 0 Å². The first kappa shape index (κ1) is 30.2. The molecular weight excluding hydrogens is 454 g/mol. The Kier molecular flexibility index (Phi) is 12.3. The summed E-state index contributed by atoms with van der Waals surface area (Å²) in [6, 6.07) is 0. The maximum Gasteiger partial charge on any atom is 0.243 e. The van der Waals surface area contributed by atoms with E-state index < -0.39 is 24.1 Å². The standard InChI is InChI=1S/C30H47NO5/c1-21-12-8-7-9-13-23(3)20-31-27(32)15-11-10-14-24(4)26(17-16-22(2)18-21)36-28-19-30(6,34)29(33)25(5)35-28/h7-8,10-12,14-16,23-26,28-29,33-34H,9,13,17-20H2,1-6H3,(H,31,32)/b8-7+,14-10+,15-11+,21-12+,22-16+/t23-,24-,25-,26-,28-,29+,30-/m0/s1. The topological polar surface area (TPSA) is 88.0 Å². The maximum atomic E-state index is 12.2. The van der Waals surface area contributed by atoms with E-state index in [4.69, 9.17) is 9.47 Å². The summed E-state index contributed by atoms with van der Waals surface area (Å²) in [4.78, 5) is 12.2. The molecule has 3 N–H and O–H groups in total. The van der Waals surface area contributed by atoms with Gasteiger partial charge in [-0.25, -0.2) is 0 Å². The van der Waals surface area contributed by atoms with Crippen LogP contribution in [0.3, 0.4) is 0 Å². The molecule has 1 fully saturated rings. The number of allylic oxidation sites excluding steroid dienone is 7. The van der Waals surface area contributed by atoms with Crippen molar-refractivity contribution in [2.45, 2.75) is 104 Å². The minimum Gasteiger partial charge on any atom is -0.387 e. The SMILES string of the molecule is C/C1=C\C=C\CC[C@H](C)CNC(=O)/C=C/C=C/[C@H](C)[C@@H](O[C@H]2C[C@](C)(O)[C@H](O)[C@H](C)O2)C/C=C(\C)C1. The molecule has 0 aromatic carbocycles. The van der Waals surface area contributed by atoms with E-state index >= 15 is 0 Å². The van der Waals surface area contributed by atoms with Crippen LogP contribution in [0.2, 0.25) is 0 Å². The van der Waals surface area contributed by atoms with Gasteiger partial charge in [-0.05, 0) is 59.3 Å². The van der Waals surface area contributed by atoms with Crippen LogP contribution in [-0.4, -0.2) is 52.9 Å². The number of hydrogen-bond acceptors (Lipinski definition) is 5. The molecule has 2 aliphatic rings. The number of rotatable bonds is 2. The first-order valence-corrected chi connectivity index (χ1v) is 13.3. The van der Waals surface area contributed by atoms with E-state index in [9.17, 15) is 15.0 Å². The Morgan fingerprint density at radius 2 is 1.89 bits per heavy atom. The molecule has 2 rings (SSSR count). The molecule has 0 aromatic rings. The van der Waals surface area contributed by atoms with Crippen molar-refractivity contribution in [1.29, 1.82) is 0 Å². The zero-order valence-corrected chi connectivity index (χ0v) is 22.9. The summed E-state index contributed by atoms with van der Waals surface area (Å²) in [5.41, 5.74) is 1.28. The van der Waals surface area contributed by atoms with Gasteiger partial charge >= 0.3 is 0 Å². The van der Waals surface area contributed by atoms with Crippen LogP contribution in [0.25, 0.3) is 0 Å². The molecule has 0 radical (unpaired) electrons. The molecule has 0 unspecified atom stereocenters. The fraction of sp³-hybridized carbons (Fsp3) is 0.633. The summed E-state index contributed by atoms with van der Waals surface area (Å²) >= 11 is 0. The van der Waals surface area contributed by atoms with Crippen molar-refractivity contribution in [2.24, 2.45) is 11.8 Å². The van der Waals surface area contributed by atoms with Gasteiger partial charge in [0.25, 0.3) is 0 Å². The molecule has 6 nitrogen and oxygen atoms in total. The van der Waals surface area contributed by atoms with Gasteiger partial charge < -0.3 is 25.0 Å². The van der Waals surface area contributed by atoms with Gasteiger partial charge in [-0.3, -0.25) is 4.79 Å². The molecule has 0 spiro atoms. The highest BCUT2D eigenvalue weighted by Gasteiger charge is 2.44. The number of carbonyl (C=O) groups is 1. The summed E-state index contributed by atoms with van der Waals surface area (Å²) in [6.45, 7) is 12.5. The van der Waals surface area contributed by atoms with E-state index in [-0.39, 0.29) is 24.3 Å². The Hall–Kier alpha value is -1.99. The highest BCUT2D eigenvalue weighted by Crippen LogP contribution is 2.31. The maximum absolute atomic E-state index is 12.2. The molecule has 7 atom stereocenters. The number of hydrogen-bond donors (Lipinski definition) is 3. The molecular formula is C30H47NO5. The summed E-state index contributed by atoms with van der Waals surface area (Å²) in [6.07, 6.45) is 17.4. The van der Waals surface area contributed by atoms with Crippen molar-refractivity contribution >= 4 is 5.91 Å². The molecule has 2 heterocycles. The third-order valence-corrected chi connectivity index (χ3v) is 6.94. The van der Waals surface area contributed by atoms with Crippen molar-refractivity contribution in [3.8, 4) is 0 Å². The smallest absolute Gasteiger partial charge is 0.243 e. The second kappa shape index (κ2) is 14.7. The minimum absolute atomic E-state index is 0.0302. The highest BCUT2D eigenvalue weighted by molar-refractivity contribution is 5.87. The number of ether oxygens (including phenoxy) is 2. The molecule has 1 saturated heterocycles. The molecule has 0 saturated carbocycles. The van der Waals surface area contributed by atoms with Gasteiger partial charge in [-0.2, -0.15) is 0 Å². The lowest BCUT2D eigenvalue weighted by molar-refractivity contribution is -0.285. The summed E-state index contributed by atoms with van der Waals surface area (Å²) in [7, 11) is 0. The predicted molar refractivity (Wildman–Crippen MR) is 145 cm³/mol. The molecule has 0 aliphatic carbocycles. The average molecular weight is 502 g/mol. The quantitative estimate of drug-likeness (QED) is 0.456. The Labute approximate surface area is 217 Å². The number of nitrogens with one attached hydrogen (secondary N) is 1. The molecule has 0 bridgehead atoms. The number of aliphatic hydroxyl groups is 2. The van der Waals surface area contributed by atoms with Gasteiger partial charge in [0.05, 0.1) is 17.8 Å². The molecule has 202 valence electrons. The fourth-order valence-electron chi connectivity index (χ4n) is 4.53. The van der Waals surface area contributed by atoms with Gasteiger partial charge in [-0.1, -0.05) is 67.5 Å². The van der Waals surface area contributed by atoms with Crippen LogP contribution in [0.1, 0.15) is 73.6 Å². The third kappa shape index (κ3) is 10.6. The van der Waals surface area contributed by atoms with E-state index in [2.05, 4.69) is 57.3 Å². The lowest BCUT2D eigenvalue weighted by Crippen LogP contribution is -2.55. The largest absolute Gasteiger partial charge is 0.387 e. The molecule has 1 amide bonds. The lowest BCUT2D eigenvalue weighted by Gasteiger charge is -2.43. The van der Waals surface area contributed by atoms with E-state index in [1.54, 1.807) is 26.0 Å². The van der Waals surface area contributed by atoms with Crippen molar-refractivity contribution in [2.75, 3.05) is 6.54 Å². The summed E-state index contributed by atoms with van der Waals surface area (Å²) in [5.74, 6) is 0.343. The van der Waals surface area contributed by atoms with Gasteiger partial charge in [-0.15, -0.1) is 0 Å². The van der Waals surface area contributed by atoms with Crippen LogP contribution >= 0.6 is 0 Å². The van der Waals surface area contributed by atoms with E-state index in [1.807, 2.05) is 12.2 Å². The monoisotopic (exact) mass is 501 g/mol. The van der Waals surface area contributed by atoms with Crippen LogP contribution < -0.4 is 5.32 Å². The molecule has 36 heavy (non-hydrogen) atoms. The van der Waals surface area contributed by atoms with Crippen LogP contribution in [0.5, 0.6) is 0 Å². The normalized spacial score (nSPS) is 41.6. The Bertz CT molecular complexity index is 853. The molecule has 0 aromatic heterocycles. The van der Waals surface area contributed by atoms with E-state index in [0.29, 0.717) is 18.9 Å². The van der Waals surface area contributed by atoms with Gasteiger partial charge in [0.1, 0.15) is 6.10 Å². The first-order chi connectivity index (χ1) is 17.0. The van der Waals surface area contributed by atoms with Crippen LogP contribution in [0.15, 0.2) is 59.8 Å². The van der Waals surface area contributed by atoms with Crippen LogP contribution in [-0.2, 0) is 14.3 Å². The van der Waals surface area contributed by atoms with Crippen molar-refractivity contribution in [3.05, 3.63) is 59.8 Å². The fourth-order valence-corrected chi connectivity index (χ4v) is 4.53. The molecule has 2 aliphatic heterocycles. The molecule has 6 heteroatoms. The summed E-state index contributed by atoms with van der Waals surface area (Å²) < 4.78 is 12.2. The number of carbonyl (C=O) groups excluding carboxylic acids is 1. The lowest BCUT2D eigenvalue weighted by atomic mass is 9.89. The second-order valence-electron chi connectivity index (χ2n) is 10.9. The Morgan fingerprint density at radius 3 is 2.61 bits per heavy atom. The summed E-state index contributed by atoms with van der Waals surface area (Å²) in [5, 5.41) is 23.9. The van der Waals surface area contributed by atoms with Crippen LogP contribution in [0, 0.1) is 11.8 Å². The highest BCUT2D eigenvalue weighted by atomic mass is 16.7. The van der Waals surface area contributed by atoms with Gasteiger partial charge in [0.2, 0.25) is 5.91 Å². The van der Waals surface area contributed by atoms with E-state index in [0.717, 1.165) is 19.3 Å². The zero-order valence-electron chi connectivity index (χ0n) is 22.9. The second-order valence-corrected chi connectivity index (χ2v) is 10.9. The third-order valence-electron chi connectivity index (χ3n) is 6.94. The minimum atomic E-state index is -1.27. The van der Waals surface area contributed by atoms with Gasteiger partial charge in [0.15, 0.2) is 6.29 Å².